The van der Waals surface area contributed by atoms with E-state index in [1.54, 1.807) is 6.07 Å². The van der Waals surface area contributed by atoms with Gasteiger partial charge in [0, 0.05) is 9.86 Å². The highest BCUT2D eigenvalue weighted by atomic mass is 79.9. The van der Waals surface area contributed by atoms with E-state index in [0.29, 0.717) is 35.6 Å². The number of aromatic amines is 1. The van der Waals surface area contributed by atoms with Gasteiger partial charge in [0.1, 0.15) is 11.3 Å². The van der Waals surface area contributed by atoms with Crippen molar-refractivity contribution in [3.63, 3.8) is 0 Å². The number of aromatic nitrogens is 4. The van der Waals surface area contributed by atoms with Gasteiger partial charge in [-0.2, -0.15) is 18.4 Å². The number of H-pyrrole nitrogens is 1. The molecule has 2 N–H and O–H groups in total. The number of benzene rings is 2. The zero-order chi connectivity index (χ0) is 19.9. The first-order valence-electron chi connectivity index (χ1n) is 8.16. The third-order valence-corrected chi connectivity index (χ3v) is 5.04. The molecule has 2 aromatic carbocycles. The number of fused-ring (bicyclic) bond motifs is 1. The average molecular weight is 453 g/mol. The van der Waals surface area contributed by atoms with E-state index in [1.165, 1.54) is 6.07 Å². The number of nitrogens with one attached hydrogen (secondary N) is 1. The number of alkyl halides is 3. The van der Waals surface area contributed by atoms with Crippen LogP contribution in [0.3, 0.4) is 0 Å². The van der Waals surface area contributed by atoms with Crippen LogP contribution in [-0.4, -0.2) is 25.7 Å². The Morgan fingerprint density at radius 1 is 1.11 bits per heavy atom. The second-order valence-corrected chi connectivity index (χ2v) is 7.03. The molecule has 0 spiro atoms. The summed E-state index contributed by atoms with van der Waals surface area (Å²) in [6, 6.07) is 9.01. The number of halogens is 4. The summed E-state index contributed by atoms with van der Waals surface area (Å²) in [5.41, 5.74) is 0.933. The van der Waals surface area contributed by atoms with Crippen LogP contribution in [0.15, 0.2) is 45.3 Å². The van der Waals surface area contributed by atoms with Crippen LogP contribution in [-0.2, 0) is 19.0 Å². The van der Waals surface area contributed by atoms with E-state index >= 15 is 0 Å². The number of aryl methyl sites for hydroxylation is 2. The molecule has 0 amide bonds. The van der Waals surface area contributed by atoms with E-state index in [0.717, 1.165) is 27.6 Å². The van der Waals surface area contributed by atoms with Gasteiger partial charge in [-0.25, -0.2) is 0 Å². The summed E-state index contributed by atoms with van der Waals surface area (Å²) in [5, 5.41) is 23.9. The lowest BCUT2D eigenvalue weighted by atomic mass is 10.0. The summed E-state index contributed by atoms with van der Waals surface area (Å²) in [7, 11) is 0. The molecule has 0 unspecified atom stereocenters. The molecule has 10 heteroatoms. The summed E-state index contributed by atoms with van der Waals surface area (Å²) >= 11 is 3.50. The fraction of sp³-hybridized carbons (Fsp3) is 0.167. The van der Waals surface area contributed by atoms with E-state index < -0.39 is 17.5 Å². The van der Waals surface area contributed by atoms with Gasteiger partial charge in [-0.15, -0.1) is 10.2 Å². The van der Waals surface area contributed by atoms with Crippen molar-refractivity contribution in [3.8, 4) is 17.3 Å². The summed E-state index contributed by atoms with van der Waals surface area (Å²) in [6.45, 7) is 0. The predicted octanol–water partition coefficient (Wildman–Crippen LogP) is 4.89. The molecule has 2 aromatic heterocycles. The Morgan fingerprint density at radius 2 is 1.93 bits per heavy atom. The number of hydrogen-bond donors (Lipinski definition) is 2. The minimum absolute atomic E-state index is 0.331. The van der Waals surface area contributed by atoms with Crippen LogP contribution in [0.2, 0.25) is 0 Å². The Morgan fingerprint density at radius 3 is 2.64 bits per heavy atom. The Bertz CT molecular complexity index is 1140. The van der Waals surface area contributed by atoms with Gasteiger partial charge < -0.3 is 9.52 Å². The van der Waals surface area contributed by atoms with E-state index in [4.69, 9.17) is 4.42 Å². The van der Waals surface area contributed by atoms with Gasteiger partial charge in [-0.05, 0) is 59.5 Å². The molecule has 0 radical (unpaired) electrons. The van der Waals surface area contributed by atoms with Gasteiger partial charge in [0.25, 0.3) is 0 Å². The van der Waals surface area contributed by atoms with Gasteiger partial charge in [0.2, 0.25) is 5.82 Å². The van der Waals surface area contributed by atoms with E-state index in [-0.39, 0.29) is 0 Å². The third kappa shape index (κ3) is 3.59. The first kappa shape index (κ1) is 18.5. The molecule has 6 nitrogen and oxygen atoms in total. The third-order valence-electron chi connectivity index (χ3n) is 4.30. The molecule has 0 saturated carbocycles. The van der Waals surface area contributed by atoms with Crippen LogP contribution < -0.4 is 0 Å². The number of nitrogens with zero attached hydrogens (tertiary/aromatic N) is 3. The zero-order valence-corrected chi connectivity index (χ0v) is 15.7. The van der Waals surface area contributed by atoms with E-state index in [1.807, 2.05) is 12.1 Å². The molecule has 144 valence electrons. The van der Waals surface area contributed by atoms with Crippen molar-refractivity contribution in [3.05, 3.63) is 57.6 Å². The molecule has 0 aliphatic heterocycles. The van der Waals surface area contributed by atoms with Crippen LogP contribution in [0.25, 0.3) is 22.6 Å². The molecule has 0 atom stereocenters. The number of tetrazole rings is 1. The normalized spacial score (nSPS) is 12.0. The lowest BCUT2D eigenvalue weighted by Crippen LogP contribution is -2.06. The lowest BCUT2D eigenvalue weighted by molar-refractivity contribution is -0.138. The monoisotopic (exact) mass is 452 g/mol. The molecule has 0 fully saturated rings. The minimum atomic E-state index is -4.60. The standard InChI is InChI=1S/C18H12BrF3N4O2/c19-13-6-11-8-16(17-23-25-26-24-17)28-15(11)7-10(13)3-1-9-2-4-14(27)12(5-9)18(20,21)22/h2,4-8,27H,1,3H2,(H,23,24,25,26). The predicted molar refractivity (Wildman–Crippen MR) is 97.6 cm³/mol. The van der Waals surface area contributed by atoms with Crippen molar-refractivity contribution >= 4 is 26.9 Å². The topological polar surface area (TPSA) is 87.8 Å². The Balaban J connectivity index is 1.59. The van der Waals surface area contributed by atoms with Crippen molar-refractivity contribution in [1.29, 1.82) is 0 Å². The Kier molecular flexibility index (Phi) is 4.58. The van der Waals surface area contributed by atoms with Crippen LogP contribution in [0.4, 0.5) is 13.2 Å². The molecular weight excluding hydrogens is 441 g/mol. The fourth-order valence-electron chi connectivity index (χ4n) is 2.91. The number of furan rings is 1. The summed E-state index contributed by atoms with van der Waals surface area (Å²) in [5.74, 6) is 0.0160. The Labute approximate surface area is 164 Å². The highest BCUT2D eigenvalue weighted by molar-refractivity contribution is 9.10. The largest absolute Gasteiger partial charge is 0.507 e. The number of rotatable bonds is 4. The highest BCUT2D eigenvalue weighted by Gasteiger charge is 2.33. The van der Waals surface area contributed by atoms with Crippen molar-refractivity contribution in [2.75, 3.05) is 0 Å². The second-order valence-electron chi connectivity index (χ2n) is 6.18. The van der Waals surface area contributed by atoms with Crippen molar-refractivity contribution < 1.29 is 22.7 Å². The van der Waals surface area contributed by atoms with Crippen LogP contribution in [0.1, 0.15) is 16.7 Å². The second kappa shape index (κ2) is 6.93. The van der Waals surface area contributed by atoms with Gasteiger partial charge in [0.05, 0.1) is 5.56 Å². The smallest absolute Gasteiger partial charge is 0.419 e. The van der Waals surface area contributed by atoms with Gasteiger partial charge >= 0.3 is 6.18 Å². The minimum Gasteiger partial charge on any atom is -0.507 e. The first-order valence-corrected chi connectivity index (χ1v) is 8.95. The first-order chi connectivity index (χ1) is 13.3. The molecule has 4 aromatic rings. The summed E-state index contributed by atoms with van der Waals surface area (Å²) < 4.78 is 45.4. The molecule has 2 heterocycles. The number of hydrogen-bond acceptors (Lipinski definition) is 5. The summed E-state index contributed by atoms with van der Waals surface area (Å²) in [6.07, 6.45) is -3.75. The van der Waals surface area contributed by atoms with Gasteiger partial charge in [-0.3, -0.25) is 0 Å². The van der Waals surface area contributed by atoms with Crippen molar-refractivity contribution in [2.24, 2.45) is 0 Å². The lowest BCUT2D eigenvalue weighted by Gasteiger charge is -2.11. The maximum absolute atomic E-state index is 13.0. The van der Waals surface area contributed by atoms with Crippen LogP contribution in [0, 0.1) is 0 Å². The zero-order valence-electron chi connectivity index (χ0n) is 14.1. The van der Waals surface area contributed by atoms with Crippen molar-refractivity contribution in [2.45, 2.75) is 19.0 Å². The maximum atomic E-state index is 13.0. The molecule has 4 rings (SSSR count). The maximum Gasteiger partial charge on any atom is 0.419 e. The van der Waals surface area contributed by atoms with Crippen molar-refractivity contribution in [1.82, 2.24) is 20.6 Å². The molecule has 0 aliphatic rings. The Hall–Kier alpha value is -2.88. The number of phenolic OH excluding ortho intramolecular Hbond substituents is 1. The SMILES string of the molecule is Oc1ccc(CCc2cc3oc(-c4nn[nH]n4)cc3cc2Br)cc1C(F)(F)F. The molecule has 0 bridgehead atoms. The molecule has 0 aliphatic carbocycles. The number of aromatic hydroxyl groups is 1. The molecule has 28 heavy (non-hydrogen) atoms. The quantitative estimate of drug-likeness (QED) is 0.460. The highest BCUT2D eigenvalue weighted by Crippen LogP contribution is 2.36. The number of phenols is 1. The van der Waals surface area contributed by atoms with Crippen LogP contribution >= 0.6 is 15.9 Å². The van der Waals surface area contributed by atoms with E-state index in [9.17, 15) is 18.3 Å². The van der Waals surface area contributed by atoms with Gasteiger partial charge in [0.15, 0.2) is 5.76 Å². The average Bonchev–Trinajstić information content (AvgIpc) is 3.29. The van der Waals surface area contributed by atoms with Crippen LogP contribution in [0.5, 0.6) is 5.75 Å². The molecule has 0 saturated heterocycles. The molecular formula is C18H12BrF3N4O2. The van der Waals surface area contributed by atoms with E-state index in [2.05, 4.69) is 36.6 Å². The van der Waals surface area contributed by atoms with Gasteiger partial charge in [-0.1, -0.05) is 22.0 Å². The summed E-state index contributed by atoms with van der Waals surface area (Å²) in [4.78, 5) is 0. The fourth-order valence-corrected chi connectivity index (χ4v) is 3.47.